The second-order valence-electron chi connectivity index (χ2n) is 8.11. The van der Waals surface area contributed by atoms with Gasteiger partial charge in [-0.1, -0.05) is 0 Å². The number of pyridine rings is 1. The molecule has 148 valence electrons. The van der Waals surface area contributed by atoms with Crippen LogP contribution in [-0.4, -0.2) is 46.1 Å². The number of carbonyl (C=O) groups is 1. The minimum atomic E-state index is -0.0427. The zero-order valence-corrected chi connectivity index (χ0v) is 17.3. The van der Waals surface area contributed by atoms with Crippen LogP contribution < -0.4 is 4.74 Å². The molecule has 0 bridgehead atoms. The molecule has 0 N–H and O–H groups in total. The van der Waals surface area contributed by atoms with Crippen LogP contribution in [0.25, 0.3) is 10.6 Å². The van der Waals surface area contributed by atoms with Crippen LogP contribution in [0.5, 0.6) is 5.88 Å². The summed E-state index contributed by atoms with van der Waals surface area (Å²) in [6, 6.07) is 2.32. The molecule has 28 heavy (non-hydrogen) atoms. The fraction of sp³-hybridized carbons (Fsp3) is 0.571. The van der Waals surface area contributed by atoms with E-state index >= 15 is 0 Å². The van der Waals surface area contributed by atoms with E-state index in [9.17, 15) is 4.79 Å². The third-order valence-electron chi connectivity index (χ3n) is 5.98. The van der Waals surface area contributed by atoms with E-state index in [2.05, 4.69) is 18.0 Å². The highest BCUT2D eigenvalue weighted by atomic mass is 32.1. The lowest BCUT2D eigenvalue weighted by Gasteiger charge is -2.24. The summed E-state index contributed by atoms with van der Waals surface area (Å²) in [4.78, 5) is 25.6. The Labute approximate surface area is 168 Å². The third-order valence-corrected chi connectivity index (χ3v) is 7.08. The van der Waals surface area contributed by atoms with Gasteiger partial charge in [-0.05, 0) is 51.2 Å². The predicted molar refractivity (Wildman–Crippen MR) is 107 cm³/mol. The molecule has 6 nitrogen and oxygen atoms in total. The maximum atomic E-state index is 13.2. The number of aryl methyl sites for hydroxylation is 2. The smallest absolute Gasteiger partial charge is 0.260 e. The monoisotopic (exact) mass is 399 g/mol. The van der Waals surface area contributed by atoms with Crippen LogP contribution in [0.15, 0.2) is 6.07 Å². The fourth-order valence-electron chi connectivity index (χ4n) is 4.22. The molecular weight excluding hydrogens is 374 g/mol. The fourth-order valence-corrected chi connectivity index (χ4v) is 5.10. The van der Waals surface area contributed by atoms with E-state index < -0.39 is 0 Å². The van der Waals surface area contributed by atoms with E-state index in [-0.39, 0.29) is 18.1 Å². The first-order valence-electron chi connectivity index (χ1n) is 10.0. The van der Waals surface area contributed by atoms with Crippen LogP contribution in [0.3, 0.4) is 0 Å². The molecule has 1 saturated heterocycles. The van der Waals surface area contributed by atoms with Gasteiger partial charge in [-0.25, -0.2) is 9.97 Å². The summed E-state index contributed by atoms with van der Waals surface area (Å²) in [5.41, 5.74) is 3.48. The summed E-state index contributed by atoms with van der Waals surface area (Å²) in [6.07, 6.45) is 3.22. The van der Waals surface area contributed by atoms with Crippen LogP contribution in [0.2, 0.25) is 0 Å². The quantitative estimate of drug-likeness (QED) is 0.766. The molecule has 1 saturated carbocycles. The summed E-state index contributed by atoms with van der Waals surface area (Å²) in [6.45, 7) is 8.05. The van der Waals surface area contributed by atoms with Crippen LogP contribution in [0.4, 0.5) is 0 Å². The first kappa shape index (κ1) is 18.1. The lowest BCUT2D eigenvalue weighted by Crippen LogP contribution is -2.35. The predicted octanol–water partition coefficient (Wildman–Crippen LogP) is 3.74. The second-order valence-corrected chi connectivity index (χ2v) is 9.31. The molecule has 2 aromatic heterocycles. The second kappa shape index (κ2) is 6.81. The van der Waals surface area contributed by atoms with Crippen molar-refractivity contribution in [1.29, 1.82) is 0 Å². The molecule has 0 aromatic carbocycles. The number of hydrogen-bond acceptors (Lipinski definition) is 6. The Bertz CT molecular complexity index is 931. The summed E-state index contributed by atoms with van der Waals surface area (Å²) >= 11 is 1.63. The van der Waals surface area contributed by atoms with Crippen LogP contribution in [0.1, 0.15) is 52.8 Å². The molecule has 2 fully saturated rings. The Kier molecular flexibility index (Phi) is 4.39. The zero-order valence-electron chi connectivity index (χ0n) is 16.5. The molecule has 0 spiro atoms. The van der Waals surface area contributed by atoms with Crippen LogP contribution >= 0.6 is 11.3 Å². The lowest BCUT2D eigenvalue weighted by atomic mass is 10.1. The van der Waals surface area contributed by atoms with Gasteiger partial charge in [-0.3, -0.25) is 4.79 Å². The Morgan fingerprint density at radius 2 is 2.11 bits per heavy atom. The standard InChI is InChI=1S/C21H25N3O3S/c1-11-19(28-13(3)22-11)17-8-15-9-24(12(2)14-4-5-14)21(25)18(15)20(23-17)27-16-6-7-26-10-16/h8,12,14,16H,4-7,9-10H2,1-3H3/t12-,16?/m0/s1. The van der Waals surface area contributed by atoms with Gasteiger partial charge < -0.3 is 14.4 Å². The number of rotatable bonds is 5. The Balaban J connectivity index is 1.56. The highest BCUT2D eigenvalue weighted by Crippen LogP contribution is 2.41. The Morgan fingerprint density at radius 3 is 2.75 bits per heavy atom. The van der Waals surface area contributed by atoms with Gasteiger partial charge in [-0.15, -0.1) is 11.3 Å². The van der Waals surface area contributed by atoms with Gasteiger partial charge in [0.2, 0.25) is 5.88 Å². The lowest BCUT2D eigenvalue weighted by molar-refractivity contribution is 0.0690. The topological polar surface area (TPSA) is 64.5 Å². The molecule has 2 aliphatic heterocycles. The molecule has 0 radical (unpaired) electrons. The maximum absolute atomic E-state index is 13.2. The van der Waals surface area contributed by atoms with Crippen molar-refractivity contribution in [3.8, 4) is 16.5 Å². The molecule has 2 atom stereocenters. The summed E-state index contributed by atoms with van der Waals surface area (Å²) < 4.78 is 11.7. The van der Waals surface area contributed by atoms with E-state index in [4.69, 9.17) is 14.5 Å². The van der Waals surface area contributed by atoms with E-state index in [0.717, 1.165) is 33.3 Å². The van der Waals surface area contributed by atoms with Gasteiger partial charge in [-0.2, -0.15) is 0 Å². The minimum Gasteiger partial charge on any atom is -0.471 e. The normalized spacial score (nSPS) is 22.6. The third kappa shape index (κ3) is 3.10. The number of hydrogen-bond donors (Lipinski definition) is 0. The highest BCUT2D eigenvalue weighted by Gasteiger charge is 2.41. The van der Waals surface area contributed by atoms with Crippen LogP contribution in [0, 0.1) is 19.8 Å². The number of amides is 1. The first-order chi connectivity index (χ1) is 13.5. The van der Waals surface area contributed by atoms with Crippen molar-refractivity contribution >= 4 is 17.2 Å². The average molecular weight is 400 g/mol. The highest BCUT2D eigenvalue weighted by molar-refractivity contribution is 7.15. The number of carbonyl (C=O) groups excluding carboxylic acids is 1. The van der Waals surface area contributed by atoms with Gasteiger partial charge in [0.15, 0.2) is 0 Å². The Morgan fingerprint density at radius 1 is 1.29 bits per heavy atom. The minimum absolute atomic E-state index is 0.0427. The first-order valence-corrected chi connectivity index (χ1v) is 10.9. The maximum Gasteiger partial charge on any atom is 0.260 e. The summed E-state index contributed by atoms with van der Waals surface area (Å²) in [5, 5.41) is 1.02. The van der Waals surface area contributed by atoms with Crippen molar-refractivity contribution in [2.45, 2.75) is 58.7 Å². The number of fused-ring (bicyclic) bond motifs is 1. The number of ether oxygens (including phenoxy) is 2. The summed E-state index contributed by atoms with van der Waals surface area (Å²) in [7, 11) is 0. The number of aromatic nitrogens is 2. The molecule has 1 unspecified atom stereocenters. The molecule has 1 aliphatic carbocycles. The van der Waals surface area contributed by atoms with Crippen molar-refractivity contribution in [2.75, 3.05) is 13.2 Å². The van der Waals surface area contributed by atoms with Crippen molar-refractivity contribution in [3.63, 3.8) is 0 Å². The van der Waals surface area contributed by atoms with Crippen LogP contribution in [-0.2, 0) is 11.3 Å². The van der Waals surface area contributed by atoms with Crippen molar-refractivity contribution in [2.24, 2.45) is 5.92 Å². The number of nitrogens with zero attached hydrogens (tertiary/aromatic N) is 3. The Hall–Kier alpha value is -1.99. The van der Waals surface area contributed by atoms with Gasteiger partial charge in [0.1, 0.15) is 11.7 Å². The zero-order chi connectivity index (χ0) is 19.4. The molecule has 7 heteroatoms. The molecule has 5 rings (SSSR count). The SMILES string of the molecule is Cc1nc(C)c(-c2cc3c(c(OC4CCOC4)n2)C(=O)N([C@@H](C)C2CC2)C3)s1. The van der Waals surface area contributed by atoms with Crippen molar-refractivity contribution < 1.29 is 14.3 Å². The summed E-state index contributed by atoms with van der Waals surface area (Å²) in [5.74, 6) is 1.15. The van der Waals surface area contributed by atoms with Gasteiger partial charge in [0.05, 0.1) is 34.5 Å². The van der Waals surface area contributed by atoms with E-state index in [1.54, 1.807) is 11.3 Å². The molecule has 2 aromatic rings. The van der Waals surface area contributed by atoms with E-state index in [1.165, 1.54) is 12.8 Å². The largest absolute Gasteiger partial charge is 0.471 e. The molecule has 3 aliphatic rings. The van der Waals surface area contributed by atoms with Gasteiger partial charge >= 0.3 is 0 Å². The van der Waals surface area contributed by atoms with E-state index in [1.807, 2.05) is 18.7 Å². The van der Waals surface area contributed by atoms with E-state index in [0.29, 0.717) is 37.1 Å². The van der Waals surface area contributed by atoms with Crippen molar-refractivity contribution in [1.82, 2.24) is 14.9 Å². The van der Waals surface area contributed by atoms with Gasteiger partial charge in [0, 0.05) is 19.0 Å². The average Bonchev–Trinajstić information content (AvgIpc) is 3.14. The molecule has 4 heterocycles. The van der Waals surface area contributed by atoms with Gasteiger partial charge in [0.25, 0.3) is 5.91 Å². The van der Waals surface area contributed by atoms with Crippen molar-refractivity contribution in [3.05, 3.63) is 27.9 Å². The molecule has 1 amide bonds. The number of thiazole rings is 1. The molecular formula is C21H25N3O3S.